The highest BCUT2D eigenvalue weighted by Gasteiger charge is 2.34. The monoisotopic (exact) mass is 459 g/mol. The predicted molar refractivity (Wildman–Crippen MR) is 125 cm³/mol. The van der Waals surface area contributed by atoms with Gasteiger partial charge in [-0.05, 0) is 38.0 Å². The van der Waals surface area contributed by atoms with Crippen LogP contribution in [0.4, 0.5) is 5.95 Å². The quantitative estimate of drug-likeness (QED) is 0.438. The smallest absolute Gasteiger partial charge is 0.261 e. The predicted octanol–water partition coefficient (Wildman–Crippen LogP) is 4.09. The number of rotatable bonds is 6. The normalized spacial score (nSPS) is 13.1. The summed E-state index contributed by atoms with van der Waals surface area (Å²) in [7, 11) is 0. The number of benzene rings is 2. The first-order valence-electron chi connectivity index (χ1n) is 10.6. The van der Waals surface area contributed by atoms with E-state index in [-0.39, 0.29) is 36.6 Å². The summed E-state index contributed by atoms with van der Waals surface area (Å²) >= 11 is 1.46. The van der Waals surface area contributed by atoms with Crippen LogP contribution >= 0.6 is 11.3 Å². The van der Waals surface area contributed by atoms with Gasteiger partial charge in [0, 0.05) is 23.9 Å². The van der Waals surface area contributed by atoms with E-state index in [1.165, 1.54) is 21.8 Å². The molecule has 3 heterocycles. The fourth-order valence-electron chi connectivity index (χ4n) is 4.05. The van der Waals surface area contributed by atoms with E-state index in [1.54, 1.807) is 28.8 Å². The number of nitrogens with zero attached hydrogens (tertiary/aromatic N) is 4. The fraction of sp³-hybridized carbons (Fsp3) is 0.208. The maximum Gasteiger partial charge on any atom is 0.261 e. The molecule has 0 radical (unpaired) electrons. The number of aryl methyl sites for hydroxylation is 2. The Kier molecular flexibility index (Phi) is 5.26. The first kappa shape index (κ1) is 21.0. The summed E-state index contributed by atoms with van der Waals surface area (Å²) in [5.41, 5.74) is 5.14. The summed E-state index contributed by atoms with van der Waals surface area (Å²) in [6.45, 7) is 4.29. The minimum absolute atomic E-state index is 0.143. The molecule has 166 valence electrons. The lowest BCUT2D eigenvalue weighted by Gasteiger charge is -2.13. The number of carbonyl (C=O) groups excluding carboxylic acids is 3. The van der Waals surface area contributed by atoms with Gasteiger partial charge in [-0.25, -0.2) is 4.52 Å². The number of hydrogen-bond donors (Lipinski definition) is 1. The minimum atomic E-state index is -0.314. The molecule has 9 heteroatoms. The lowest BCUT2D eigenvalue weighted by molar-refractivity contribution is -0.116. The topological polar surface area (TPSA) is 96.7 Å². The zero-order valence-electron chi connectivity index (χ0n) is 18.2. The van der Waals surface area contributed by atoms with E-state index >= 15 is 0 Å². The molecule has 8 nitrogen and oxygen atoms in total. The van der Waals surface area contributed by atoms with E-state index in [0.29, 0.717) is 22.5 Å². The van der Waals surface area contributed by atoms with E-state index in [2.05, 4.69) is 47.4 Å². The number of carbonyl (C=O) groups is 3. The molecule has 0 aliphatic carbocycles. The summed E-state index contributed by atoms with van der Waals surface area (Å²) in [5, 5.41) is 9.18. The number of fused-ring (bicyclic) bond motifs is 2. The lowest BCUT2D eigenvalue weighted by Crippen LogP contribution is -2.31. The van der Waals surface area contributed by atoms with Crippen LogP contribution in [-0.2, 0) is 4.79 Å². The first-order chi connectivity index (χ1) is 15.9. The van der Waals surface area contributed by atoms with Crippen molar-refractivity contribution in [2.24, 2.45) is 0 Å². The van der Waals surface area contributed by atoms with Crippen LogP contribution in [0.1, 0.15) is 44.7 Å². The summed E-state index contributed by atoms with van der Waals surface area (Å²) < 4.78 is 1.73. The van der Waals surface area contributed by atoms with Gasteiger partial charge in [-0.2, -0.15) is 4.98 Å². The summed E-state index contributed by atoms with van der Waals surface area (Å²) in [6.07, 6.45) is 0.498. The van der Waals surface area contributed by atoms with Crippen LogP contribution < -0.4 is 5.32 Å². The van der Waals surface area contributed by atoms with Crippen LogP contribution in [0, 0.1) is 13.8 Å². The van der Waals surface area contributed by atoms with Crippen molar-refractivity contribution in [1.29, 1.82) is 0 Å². The van der Waals surface area contributed by atoms with Crippen molar-refractivity contribution in [3.8, 4) is 11.3 Å². The molecule has 1 aliphatic heterocycles. The van der Waals surface area contributed by atoms with Crippen LogP contribution in [0.25, 0.3) is 16.2 Å². The Balaban J connectivity index is 1.22. The highest BCUT2D eigenvalue weighted by atomic mass is 32.1. The van der Waals surface area contributed by atoms with E-state index in [9.17, 15) is 14.4 Å². The summed E-state index contributed by atoms with van der Waals surface area (Å²) in [6, 6.07) is 13.0. The second-order valence-electron chi connectivity index (χ2n) is 8.03. The van der Waals surface area contributed by atoms with Gasteiger partial charge in [0.05, 0.1) is 16.8 Å². The standard InChI is InChI=1S/C24H21N5O3S/c1-14-9-10-16(15(2)12-14)19-13-33-24-26-23(27-29(19)24)25-20(30)8-5-11-28-21(31)17-6-3-4-7-18(17)22(28)32/h3-4,6-7,9-10,12-13H,5,8,11H2,1-2H3,(H,25,27,30). The van der Waals surface area contributed by atoms with Crippen molar-refractivity contribution in [3.05, 3.63) is 70.1 Å². The van der Waals surface area contributed by atoms with Gasteiger partial charge in [0.1, 0.15) is 0 Å². The highest BCUT2D eigenvalue weighted by Crippen LogP contribution is 2.29. The number of aromatic nitrogens is 3. The molecule has 0 saturated carbocycles. The zero-order valence-corrected chi connectivity index (χ0v) is 19.0. The third-order valence-corrected chi connectivity index (χ3v) is 6.47. The molecule has 0 unspecified atom stereocenters. The maximum absolute atomic E-state index is 12.4. The molecule has 3 amide bonds. The second kappa shape index (κ2) is 8.25. The zero-order chi connectivity index (χ0) is 23.1. The van der Waals surface area contributed by atoms with Gasteiger partial charge in [0.15, 0.2) is 0 Å². The lowest BCUT2D eigenvalue weighted by atomic mass is 10.0. The Morgan fingerprint density at radius 1 is 1.03 bits per heavy atom. The van der Waals surface area contributed by atoms with Crippen LogP contribution in [0.15, 0.2) is 47.8 Å². The van der Waals surface area contributed by atoms with Gasteiger partial charge in [-0.15, -0.1) is 16.4 Å². The fourth-order valence-corrected chi connectivity index (χ4v) is 4.87. The molecule has 0 atom stereocenters. The number of thiazole rings is 1. The third-order valence-electron chi connectivity index (χ3n) is 5.65. The molecule has 0 bridgehead atoms. The Labute approximate surface area is 193 Å². The van der Waals surface area contributed by atoms with Gasteiger partial charge in [-0.1, -0.05) is 35.9 Å². The Hall–Kier alpha value is -3.85. The van der Waals surface area contributed by atoms with Crippen molar-refractivity contribution in [2.45, 2.75) is 26.7 Å². The Bertz CT molecular complexity index is 1390. The molecule has 0 saturated heterocycles. The Morgan fingerprint density at radius 2 is 1.76 bits per heavy atom. The molecule has 1 aliphatic rings. The van der Waals surface area contributed by atoms with Crippen LogP contribution in [0.5, 0.6) is 0 Å². The van der Waals surface area contributed by atoms with Gasteiger partial charge >= 0.3 is 0 Å². The van der Waals surface area contributed by atoms with Crippen molar-refractivity contribution in [1.82, 2.24) is 19.5 Å². The molecule has 2 aromatic carbocycles. The van der Waals surface area contributed by atoms with Crippen molar-refractivity contribution in [3.63, 3.8) is 0 Å². The number of anilines is 1. The van der Waals surface area contributed by atoms with Crippen molar-refractivity contribution in [2.75, 3.05) is 11.9 Å². The number of hydrogen-bond acceptors (Lipinski definition) is 6. The van der Waals surface area contributed by atoms with Gasteiger partial charge in [-0.3, -0.25) is 24.6 Å². The van der Waals surface area contributed by atoms with Crippen LogP contribution in [0.2, 0.25) is 0 Å². The summed E-state index contributed by atoms with van der Waals surface area (Å²) in [5.74, 6) is -0.659. The van der Waals surface area contributed by atoms with Crippen LogP contribution in [-0.4, -0.2) is 43.8 Å². The van der Waals surface area contributed by atoms with Crippen molar-refractivity contribution < 1.29 is 14.4 Å². The molecule has 0 fully saturated rings. The van der Waals surface area contributed by atoms with E-state index < -0.39 is 0 Å². The molecule has 33 heavy (non-hydrogen) atoms. The second-order valence-corrected chi connectivity index (χ2v) is 8.86. The van der Waals surface area contributed by atoms with Gasteiger partial charge < -0.3 is 0 Å². The average Bonchev–Trinajstić information content (AvgIpc) is 3.42. The van der Waals surface area contributed by atoms with E-state index in [0.717, 1.165) is 16.8 Å². The number of nitrogens with one attached hydrogen (secondary N) is 1. The van der Waals surface area contributed by atoms with Gasteiger partial charge in [0.25, 0.3) is 11.8 Å². The van der Waals surface area contributed by atoms with Crippen molar-refractivity contribution >= 4 is 40.0 Å². The molecule has 4 aromatic rings. The number of imide groups is 1. The van der Waals surface area contributed by atoms with E-state index in [1.807, 2.05) is 5.38 Å². The molecule has 2 aromatic heterocycles. The first-order valence-corrected chi connectivity index (χ1v) is 11.5. The minimum Gasteiger partial charge on any atom is -0.293 e. The highest BCUT2D eigenvalue weighted by molar-refractivity contribution is 7.15. The largest absolute Gasteiger partial charge is 0.293 e. The maximum atomic E-state index is 12.4. The average molecular weight is 460 g/mol. The molecular formula is C24H21N5O3S. The SMILES string of the molecule is Cc1ccc(-c2csc3nc(NC(=O)CCCN4C(=O)c5ccccc5C4=O)nn23)c(C)c1. The third kappa shape index (κ3) is 3.80. The van der Waals surface area contributed by atoms with Crippen LogP contribution in [0.3, 0.4) is 0 Å². The summed E-state index contributed by atoms with van der Waals surface area (Å²) in [4.78, 5) is 43.5. The molecule has 1 N–H and O–H groups in total. The molecule has 5 rings (SSSR count). The molecule has 0 spiro atoms. The molecular weight excluding hydrogens is 438 g/mol. The number of amides is 3. The Morgan fingerprint density at radius 3 is 2.45 bits per heavy atom. The van der Waals surface area contributed by atoms with Gasteiger partial charge in [0.2, 0.25) is 16.8 Å². The van der Waals surface area contributed by atoms with E-state index in [4.69, 9.17) is 0 Å².